The van der Waals surface area contributed by atoms with Gasteiger partial charge in [-0.1, -0.05) is 24.4 Å². The average Bonchev–Trinajstić information content (AvgIpc) is 3.05. The highest BCUT2D eigenvalue weighted by molar-refractivity contribution is 7.89. The Morgan fingerprint density at radius 1 is 1.24 bits per heavy atom. The first-order valence-electron chi connectivity index (χ1n) is 8.02. The summed E-state index contributed by atoms with van der Waals surface area (Å²) in [5.74, 6) is -1.20. The summed E-state index contributed by atoms with van der Waals surface area (Å²) < 4.78 is 31.5. The first-order valence-corrected chi connectivity index (χ1v) is 9.88. The number of hydrogen-bond donors (Lipinski definition) is 2. The molecule has 1 fully saturated rings. The second-order valence-corrected chi connectivity index (χ2v) is 8.10. The zero-order valence-electron chi connectivity index (χ0n) is 13.8. The predicted octanol–water partition coefficient (Wildman–Crippen LogP) is 1.61. The number of rotatable bonds is 7. The van der Waals surface area contributed by atoms with E-state index in [4.69, 9.17) is 16.3 Å². The van der Waals surface area contributed by atoms with Gasteiger partial charge >= 0.3 is 5.97 Å². The minimum Gasteiger partial charge on any atom is -0.454 e. The molecule has 0 saturated heterocycles. The van der Waals surface area contributed by atoms with Crippen LogP contribution >= 0.6 is 11.6 Å². The molecule has 1 aromatic carbocycles. The number of benzene rings is 1. The summed E-state index contributed by atoms with van der Waals surface area (Å²) in [6.45, 7) is 0.924. The Morgan fingerprint density at radius 2 is 1.84 bits per heavy atom. The van der Waals surface area contributed by atoms with Crippen LogP contribution in [0.1, 0.15) is 32.6 Å². The number of halogens is 1. The van der Waals surface area contributed by atoms with Crippen LogP contribution in [0.25, 0.3) is 0 Å². The predicted molar refractivity (Wildman–Crippen MR) is 92.6 cm³/mol. The second kappa shape index (κ2) is 8.64. The molecule has 1 aliphatic carbocycles. The number of hydrogen-bond acceptors (Lipinski definition) is 5. The van der Waals surface area contributed by atoms with E-state index in [1.165, 1.54) is 31.2 Å². The van der Waals surface area contributed by atoms with Gasteiger partial charge in [0.1, 0.15) is 6.04 Å². The largest absolute Gasteiger partial charge is 0.454 e. The SMILES string of the molecule is C[C@H](NS(=O)(=O)c1ccc(Cl)cc1)C(=O)OCC(=O)NC1CCCC1. The number of carbonyl (C=O) groups excluding carboxylic acids is 2. The van der Waals surface area contributed by atoms with Crippen molar-refractivity contribution in [3.05, 3.63) is 29.3 Å². The van der Waals surface area contributed by atoms with Crippen LogP contribution in [0.5, 0.6) is 0 Å². The van der Waals surface area contributed by atoms with E-state index in [2.05, 4.69) is 10.0 Å². The summed E-state index contributed by atoms with van der Waals surface area (Å²) in [6, 6.07) is 4.54. The first-order chi connectivity index (χ1) is 11.8. The van der Waals surface area contributed by atoms with Gasteiger partial charge in [-0.25, -0.2) is 8.42 Å². The highest BCUT2D eigenvalue weighted by Gasteiger charge is 2.24. The van der Waals surface area contributed by atoms with Crippen molar-refractivity contribution < 1.29 is 22.7 Å². The molecule has 2 N–H and O–H groups in total. The van der Waals surface area contributed by atoms with Gasteiger partial charge in [0, 0.05) is 11.1 Å². The molecule has 1 aromatic rings. The van der Waals surface area contributed by atoms with E-state index in [1.54, 1.807) is 0 Å². The number of carbonyl (C=O) groups is 2. The molecule has 138 valence electrons. The number of ether oxygens (including phenoxy) is 1. The summed E-state index contributed by atoms with van der Waals surface area (Å²) in [4.78, 5) is 23.6. The van der Waals surface area contributed by atoms with Crippen LogP contribution in [0.2, 0.25) is 5.02 Å². The van der Waals surface area contributed by atoms with E-state index in [-0.39, 0.29) is 16.8 Å². The van der Waals surface area contributed by atoms with Crippen molar-refractivity contribution in [2.45, 2.75) is 49.6 Å². The lowest BCUT2D eigenvalue weighted by atomic mass is 10.2. The van der Waals surface area contributed by atoms with Crippen molar-refractivity contribution in [3.8, 4) is 0 Å². The molecule has 7 nitrogen and oxygen atoms in total. The monoisotopic (exact) mass is 388 g/mol. The van der Waals surface area contributed by atoms with Crippen LogP contribution in [-0.2, 0) is 24.3 Å². The third kappa shape index (κ3) is 5.98. The summed E-state index contributed by atoms with van der Waals surface area (Å²) in [7, 11) is -3.89. The smallest absolute Gasteiger partial charge is 0.324 e. The van der Waals surface area contributed by atoms with Crippen LogP contribution in [0.4, 0.5) is 0 Å². The minimum absolute atomic E-state index is 0.0180. The van der Waals surface area contributed by atoms with Gasteiger partial charge < -0.3 is 10.1 Å². The van der Waals surface area contributed by atoms with Crippen LogP contribution in [0, 0.1) is 0 Å². The molecular formula is C16H21ClN2O5S. The summed E-state index contributed by atoms with van der Waals surface area (Å²) in [6.07, 6.45) is 4.01. The standard InChI is InChI=1S/C16H21ClN2O5S/c1-11(19-25(22,23)14-8-6-12(17)7-9-14)16(21)24-10-15(20)18-13-4-2-3-5-13/h6-9,11,13,19H,2-5,10H2,1H3,(H,18,20)/t11-/m0/s1. The summed E-state index contributed by atoms with van der Waals surface area (Å²) >= 11 is 5.72. The van der Waals surface area contributed by atoms with Crippen LogP contribution < -0.4 is 10.0 Å². The zero-order chi connectivity index (χ0) is 18.4. The van der Waals surface area contributed by atoms with Gasteiger partial charge in [-0.15, -0.1) is 0 Å². The highest BCUT2D eigenvalue weighted by Crippen LogP contribution is 2.17. The molecule has 1 saturated carbocycles. The van der Waals surface area contributed by atoms with Crippen LogP contribution in [-0.4, -0.2) is 39.0 Å². The molecule has 1 atom stereocenters. The summed E-state index contributed by atoms with van der Waals surface area (Å²) in [5.41, 5.74) is 0. The van der Waals surface area contributed by atoms with Crippen molar-refractivity contribution in [2.75, 3.05) is 6.61 Å². The van der Waals surface area contributed by atoms with E-state index in [0.717, 1.165) is 25.7 Å². The van der Waals surface area contributed by atoms with Gasteiger partial charge in [0.15, 0.2) is 6.61 Å². The zero-order valence-corrected chi connectivity index (χ0v) is 15.4. The van der Waals surface area contributed by atoms with Crippen LogP contribution in [0.15, 0.2) is 29.2 Å². The topological polar surface area (TPSA) is 102 Å². The molecule has 2 rings (SSSR count). The summed E-state index contributed by atoms with van der Waals surface area (Å²) in [5, 5.41) is 3.19. The lowest BCUT2D eigenvalue weighted by Gasteiger charge is -2.15. The molecular weight excluding hydrogens is 368 g/mol. The van der Waals surface area contributed by atoms with Crippen molar-refractivity contribution >= 4 is 33.5 Å². The van der Waals surface area contributed by atoms with Crippen molar-refractivity contribution in [3.63, 3.8) is 0 Å². The number of sulfonamides is 1. The molecule has 0 unspecified atom stereocenters. The first kappa shape index (κ1) is 19.7. The van der Waals surface area contributed by atoms with Gasteiger partial charge in [-0.3, -0.25) is 9.59 Å². The Morgan fingerprint density at radius 3 is 2.44 bits per heavy atom. The maximum absolute atomic E-state index is 12.2. The van der Waals surface area contributed by atoms with Crippen molar-refractivity contribution in [1.82, 2.24) is 10.0 Å². The Balaban J connectivity index is 1.82. The molecule has 0 bridgehead atoms. The molecule has 25 heavy (non-hydrogen) atoms. The van der Waals surface area contributed by atoms with Gasteiger partial charge in [-0.2, -0.15) is 4.72 Å². The quantitative estimate of drug-likeness (QED) is 0.691. The Kier molecular flexibility index (Phi) is 6.80. The van der Waals surface area contributed by atoms with E-state index in [9.17, 15) is 18.0 Å². The van der Waals surface area contributed by atoms with E-state index in [1.807, 2.05) is 0 Å². The van der Waals surface area contributed by atoms with E-state index in [0.29, 0.717) is 5.02 Å². The van der Waals surface area contributed by atoms with Crippen molar-refractivity contribution in [2.24, 2.45) is 0 Å². The fourth-order valence-electron chi connectivity index (χ4n) is 2.56. The second-order valence-electron chi connectivity index (χ2n) is 5.95. The van der Waals surface area contributed by atoms with Crippen molar-refractivity contribution in [1.29, 1.82) is 0 Å². The normalized spacial score (nSPS) is 16.4. The molecule has 9 heteroatoms. The Hall–Kier alpha value is -1.64. The van der Waals surface area contributed by atoms with Gasteiger partial charge in [0.25, 0.3) is 5.91 Å². The van der Waals surface area contributed by atoms with Crippen LogP contribution in [0.3, 0.4) is 0 Å². The molecule has 0 spiro atoms. The molecule has 1 aliphatic rings. The third-order valence-corrected chi connectivity index (χ3v) is 5.68. The number of esters is 1. The number of nitrogens with one attached hydrogen (secondary N) is 2. The molecule has 0 radical (unpaired) electrons. The average molecular weight is 389 g/mol. The molecule has 0 aliphatic heterocycles. The lowest BCUT2D eigenvalue weighted by Crippen LogP contribution is -2.41. The Bertz CT molecular complexity index is 715. The maximum atomic E-state index is 12.2. The van der Waals surface area contributed by atoms with E-state index < -0.39 is 28.6 Å². The lowest BCUT2D eigenvalue weighted by molar-refractivity contribution is -0.149. The third-order valence-electron chi connectivity index (χ3n) is 3.88. The fraction of sp³-hybridized carbons (Fsp3) is 0.500. The number of amides is 1. The molecule has 1 amide bonds. The fourth-order valence-corrected chi connectivity index (χ4v) is 3.88. The molecule has 0 heterocycles. The maximum Gasteiger partial charge on any atom is 0.324 e. The van der Waals surface area contributed by atoms with Gasteiger partial charge in [0.2, 0.25) is 10.0 Å². The molecule has 0 aromatic heterocycles. The minimum atomic E-state index is -3.89. The Labute approximate surface area is 152 Å². The highest BCUT2D eigenvalue weighted by atomic mass is 35.5. The van der Waals surface area contributed by atoms with Gasteiger partial charge in [0.05, 0.1) is 4.90 Å². The van der Waals surface area contributed by atoms with E-state index >= 15 is 0 Å². The van der Waals surface area contributed by atoms with Gasteiger partial charge in [-0.05, 0) is 44.0 Å².